The van der Waals surface area contributed by atoms with Gasteiger partial charge in [0.25, 0.3) is 11.8 Å². The standard InChI is InChI=1S/C20H20FN5O4S/c1-22-19(28)14-9-12(21)7-6-11(14)10-24-20(29)16-17(27)15-13(5-4-8-23-15)18(25-16)26(2)31(3)30/h4-9,27H,10H2,1-3H3,(H,22,28)(H,24,29). The van der Waals surface area contributed by atoms with Crippen LogP contribution in [0.25, 0.3) is 10.9 Å². The van der Waals surface area contributed by atoms with Crippen molar-refractivity contribution in [2.24, 2.45) is 0 Å². The summed E-state index contributed by atoms with van der Waals surface area (Å²) in [4.78, 5) is 33.1. The van der Waals surface area contributed by atoms with E-state index in [1.807, 2.05) is 0 Å². The summed E-state index contributed by atoms with van der Waals surface area (Å²) < 4.78 is 26.9. The second kappa shape index (κ2) is 9.14. The molecule has 2 heterocycles. The Hall–Kier alpha value is -3.44. The Balaban J connectivity index is 1.97. The van der Waals surface area contributed by atoms with Gasteiger partial charge in [-0.3, -0.25) is 14.6 Å². The Kier molecular flexibility index (Phi) is 6.56. The van der Waals surface area contributed by atoms with E-state index >= 15 is 0 Å². The number of carbonyl (C=O) groups excluding carboxylic acids is 2. The number of nitrogens with one attached hydrogen (secondary N) is 2. The highest BCUT2D eigenvalue weighted by Gasteiger charge is 2.24. The van der Waals surface area contributed by atoms with Crippen LogP contribution in [0.3, 0.4) is 0 Å². The molecule has 0 saturated heterocycles. The van der Waals surface area contributed by atoms with E-state index in [0.29, 0.717) is 10.9 Å². The molecule has 2 aromatic heterocycles. The lowest BCUT2D eigenvalue weighted by Gasteiger charge is -2.20. The third-order valence-electron chi connectivity index (χ3n) is 4.60. The maximum absolute atomic E-state index is 13.5. The minimum absolute atomic E-state index is 0.0713. The van der Waals surface area contributed by atoms with Crippen LogP contribution in [0.15, 0.2) is 36.5 Å². The summed E-state index contributed by atoms with van der Waals surface area (Å²) in [5.41, 5.74) is 0.256. The van der Waals surface area contributed by atoms with Gasteiger partial charge in [-0.15, -0.1) is 0 Å². The van der Waals surface area contributed by atoms with Gasteiger partial charge in [-0.05, 0) is 29.8 Å². The van der Waals surface area contributed by atoms with Gasteiger partial charge in [-0.1, -0.05) is 6.07 Å². The zero-order valence-corrected chi connectivity index (χ0v) is 17.8. The number of halogens is 1. The molecule has 0 fully saturated rings. The van der Waals surface area contributed by atoms with E-state index in [2.05, 4.69) is 20.6 Å². The van der Waals surface area contributed by atoms with Gasteiger partial charge in [-0.2, -0.15) is 4.31 Å². The van der Waals surface area contributed by atoms with Gasteiger partial charge in [0.2, 0.25) is 0 Å². The summed E-state index contributed by atoms with van der Waals surface area (Å²) in [6.45, 7) is -0.117. The predicted molar refractivity (Wildman–Crippen MR) is 115 cm³/mol. The molecule has 31 heavy (non-hydrogen) atoms. The monoisotopic (exact) mass is 445 g/mol. The summed E-state index contributed by atoms with van der Waals surface area (Å²) in [5, 5.41) is 16.0. The number of hydrogen-bond acceptors (Lipinski definition) is 7. The van der Waals surface area contributed by atoms with Crippen molar-refractivity contribution in [3.8, 4) is 5.75 Å². The highest BCUT2D eigenvalue weighted by atomic mass is 32.2. The summed E-state index contributed by atoms with van der Waals surface area (Å²) in [6, 6.07) is 6.90. The maximum Gasteiger partial charge on any atom is 0.274 e. The number of benzene rings is 1. The molecule has 0 aliphatic carbocycles. The lowest BCUT2D eigenvalue weighted by Crippen LogP contribution is -2.29. The number of nitrogens with zero attached hydrogens (tertiary/aromatic N) is 3. The minimum Gasteiger partial charge on any atom is -0.593 e. The molecule has 0 bridgehead atoms. The van der Waals surface area contributed by atoms with Crippen molar-refractivity contribution in [1.29, 1.82) is 0 Å². The number of rotatable bonds is 6. The number of hydrogen-bond donors (Lipinski definition) is 3. The summed E-state index contributed by atoms with van der Waals surface area (Å²) in [7, 11) is 2.95. The third-order valence-corrected chi connectivity index (χ3v) is 5.54. The molecule has 11 heteroatoms. The minimum atomic E-state index is -1.44. The van der Waals surface area contributed by atoms with E-state index < -0.39 is 34.7 Å². The van der Waals surface area contributed by atoms with Crippen LogP contribution in [0.2, 0.25) is 0 Å². The largest absolute Gasteiger partial charge is 0.593 e. The van der Waals surface area contributed by atoms with Gasteiger partial charge in [0.15, 0.2) is 17.3 Å². The van der Waals surface area contributed by atoms with Gasteiger partial charge >= 0.3 is 0 Å². The van der Waals surface area contributed by atoms with Crippen LogP contribution in [0.1, 0.15) is 26.4 Å². The van der Waals surface area contributed by atoms with Crippen molar-refractivity contribution in [1.82, 2.24) is 20.6 Å². The van der Waals surface area contributed by atoms with Gasteiger partial charge in [-0.25, -0.2) is 9.37 Å². The highest BCUT2D eigenvalue weighted by Crippen LogP contribution is 2.32. The van der Waals surface area contributed by atoms with Gasteiger partial charge in [0.05, 0.1) is 23.8 Å². The summed E-state index contributed by atoms with van der Waals surface area (Å²) in [5.74, 6) is -2.06. The smallest absolute Gasteiger partial charge is 0.274 e. The molecule has 0 aliphatic rings. The molecule has 9 nitrogen and oxygen atoms in total. The third kappa shape index (κ3) is 4.52. The van der Waals surface area contributed by atoms with Crippen molar-refractivity contribution < 1.29 is 23.6 Å². The Morgan fingerprint density at radius 1 is 1.29 bits per heavy atom. The molecule has 162 valence electrons. The molecule has 1 atom stereocenters. The second-order valence-electron chi connectivity index (χ2n) is 6.52. The molecule has 0 radical (unpaired) electrons. The molecule has 1 aromatic carbocycles. The van der Waals surface area contributed by atoms with Crippen LogP contribution in [-0.2, 0) is 17.9 Å². The average Bonchev–Trinajstić information content (AvgIpc) is 2.77. The van der Waals surface area contributed by atoms with Crippen molar-refractivity contribution >= 4 is 39.9 Å². The first-order valence-corrected chi connectivity index (χ1v) is 10.6. The zero-order chi connectivity index (χ0) is 22.7. The van der Waals surface area contributed by atoms with Gasteiger partial charge in [0.1, 0.15) is 17.6 Å². The normalized spacial score (nSPS) is 11.8. The fraction of sp³-hybridized carbons (Fsp3) is 0.200. The Labute approximate surface area is 180 Å². The van der Waals surface area contributed by atoms with Gasteiger partial charge < -0.3 is 20.3 Å². The molecule has 0 aliphatic heterocycles. The lowest BCUT2D eigenvalue weighted by atomic mass is 10.1. The number of pyridine rings is 2. The van der Waals surface area contributed by atoms with Gasteiger partial charge in [0, 0.05) is 25.4 Å². The number of aromatic hydroxyl groups is 1. The Morgan fingerprint density at radius 2 is 2.03 bits per heavy atom. The average molecular weight is 445 g/mol. The predicted octanol–water partition coefficient (Wildman–Crippen LogP) is 1.49. The van der Waals surface area contributed by atoms with Crippen LogP contribution >= 0.6 is 0 Å². The summed E-state index contributed by atoms with van der Waals surface area (Å²) >= 11 is -1.44. The topological polar surface area (TPSA) is 131 Å². The first kappa shape index (κ1) is 22.2. The number of carbonyl (C=O) groups is 2. The van der Waals surface area contributed by atoms with Crippen LogP contribution in [-0.4, -0.2) is 51.8 Å². The SMILES string of the molecule is CNC(=O)c1cc(F)ccc1CNC(=O)c1nc(N(C)[S+](C)[O-])c2cccnc2c1O. The molecular weight excluding hydrogens is 425 g/mol. The number of aromatic nitrogens is 2. The molecule has 1 unspecified atom stereocenters. The zero-order valence-electron chi connectivity index (χ0n) is 17.0. The summed E-state index contributed by atoms with van der Waals surface area (Å²) in [6.07, 6.45) is 2.90. The van der Waals surface area contributed by atoms with Crippen LogP contribution in [0.4, 0.5) is 10.2 Å². The number of fused-ring (bicyclic) bond motifs is 1. The maximum atomic E-state index is 13.5. The van der Waals surface area contributed by atoms with Crippen LogP contribution in [0.5, 0.6) is 5.75 Å². The van der Waals surface area contributed by atoms with Crippen molar-refractivity contribution in [2.75, 3.05) is 24.7 Å². The van der Waals surface area contributed by atoms with E-state index in [-0.39, 0.29) is 29.1 Å². The Bertz CT molecular complexity index is 1160. The second-order valence-corrected chi connectivity index (χ2v) is 7.91. The molecule has 0 spiro atoms. The van der Waals surface area contributed by atoms with Crippen LogP contribution < -0.4 is 14.9 Å². The first-order valence-electron chi connectivity index (χ1n) is 9.08. The fourth-order valence-electron chi connectivity index (χ4n) is 2.93. The van der Waals surface area contributed by atoms with Crippen molar-refractivity contribution in [3.05, 3.63) is 59.2 Å². The molecule has 2 amide bonds. The van der Waals surface area contributed by atoms with E-state index in [1.54, 1.807) is 12.1 Å². The highest BCUT2D eigenvalue weighted by molar-refractivity contribution is 7.92. The molecule has 3 N–H and O–H groups in total. The quantitative estimate of drug-likeness (QED) is 0.490. The number of anilines is 1. The molecular formula is C20H20FN5O4S. The Morgan fingerprint density at radius 3 is 2.71 bits per heavy atom. The van der Waals surface area contributed by atoms with E-state index in [0.717, 1.165) is 6.07 Å². The van der Waals surface area contributed by atoms with E-state index in [1.165, 1.54) is 43.0 Å². The lowest BCUT2D eigenvalue weighted by molar-refractivity contribution is 0.0934. The van der Waals surface area contributed by atoms with E-state index in [4.69, 9.17) is 0 Å². The van der Waals surface area contributed by atoms with Crippen molar-refractivity contribution in [2.45, 2.75) is 6.54 Å². The molecule has 3 rings (SSSR count). The fourth-order valence-corrected chi connectivity index (χ4v) is 3.32. The molecule has 0 saturated carbocycles. The first-order chi connectivity index (χ1) is 14.7. The number of amides is 2. The molecule has 3 aromatic rings. The van der Waals surface area contributed by atoms with Crippen molar-refractivity contribution in [3.63, 3.8) is 0 Å². The van der Waals surface area contributed by atoms with Crippen LogP contribution in [0, 0.1) is 5.82 Å². The van der Waals surface area contributed by atoms with E-state index in [9.17, 15) is 23.6 Å².